The Labute approximate surface area is 124 Å². The number of hydrogen-bond donors (Lipinski definition) is 1. The van der Waals surface area contributed by atoms with Gasteiger partial charge < -0.3 is 5.73 Å². The lowest BCUT2D eigenvalue weighted by Gasteiger charge is -2.21. The zero-order valence-corrected chi connectivity index (χ0v) is 12.0. The third-order valence-corrected chi connectivity index (χ3v) is 3.40. The summed E-state index contributed by atoms with van der Waals surface area (Å²) in [5, 5.41) is 0. The molecule has 0 saturated carbocycles. The molecule has 0 amide bonds. The summed E-state index contributed by atoms with van der Waals surface area (Å²) in [5.74, 6) is 0. The predicted octanol–water partition coefficient (Wildman–Crippen LogP) is 3.55. The van der Waals surface area contributed by atoms with Crippen molar-refractivity contribution >= 4 is 0 Å². The molecule has 112 valence electrons. The van der Waals surface area contributed by atoms with E-state index < -0.39 is 6.43 Å². The topological polar surface area (TPSA) is 29.3 Å². The summed E-state index contributed by atoms with van der Waals surface area (Å²) in [5.41, 5.74) is 9.29. The maximum absolute atomic E-state index is 12.3. The van der Waals surface area contributed by atoms with Gasteiger partial charge in [-0.15, -0.1) is 0 Å². The highest BCUT2D eigenvalue weighted by Gasteiger charge is 2.13. The van der Waals surface area contributed by atoms with Crippen LogP contribution in [0.25, 0.3) is 11.1 Å². The number of halogens is 2. The second kappa shape index (κ2) is 7.29. The Hall–Kier alpha value is -1.78. The highest BCUT2D eigenvalue weighted by molar-refractivity contribution is 5.63. The van der Waals surface area contributed by atoms with Crippen molar-refractivity contribution in [3.05, 3.63) is 60.2 Å². The quantitative estimate of drug-likeness (QED) is 0.881. The van der Waals surface area contributed by atoms with Crippen molar-refractivity contribution in [3.63, 3.8) is 0 Å². The fourth-order valence-electron chi connectivity index (χ4n) is 2.30. The van der Waals surface area contributed by atoms with Crippen molar-refractivity contribution in [2.24, 2.45) is 5.73 Å². The van der Waals surface area contributed by atoms with Gasteiger partial charge in [-0.2, -0.15) is 0 Å². The molecule has 0 heterocycles. The van der Waals surface area contributed by atoms with Crippen LogP contribution in [0.15, 0.2) is 54.6 Å². The molecule has 0 spiro atoms. The normalized spacial score (nSPS) is 12.9. The highest BCUT2D eigenvalue weighted by Crippen LogP contribution is 2.21. The summed E-state index contributed by atoms with van der Waals surface area (Å²) in [4.78, 5) is 1.56. The first kappa shape index (κ1) is 15.6. The molecule has 0 aromatic heterocycles. The average molecular weight is 290 g/mol. The van der Waals surface area contributed by atoms with Crippen LogP contribution in [-0.2, 0) is 0 Å². The van der Waals surface area contributed by atoms with Gasteiger partial charge >= 0.3 is 0 Å². The second-order valence-corrected chi connectivity index (χ2v) is 5.21. The van der Waals surface area contributed by atoms with Gasteiger partial charge in [0.15, 0.2) is 0 Å². The zero-order chi connectivity index (χ0) is 15.2. The van der Waals surface area contributed by atoms with Crippen LogP contribution in [0.4, 0.5) is 8.78 Å². The van der Waals surface area contributed by atoms with Crippen molar-refractivity contribution < 1.29 is 8.78 Å². The Balaban J connectivity index is 2.02. The molecule has 2 N–H and O–H groups in total. The van der Waals surface area contributed by atoms with Gasteiger partial charge in [0.2, 0.25) is 0 Å². The number of rotatable bonds is 6. The maximum atomic E-state index is 12.3. The third kappa shape index (κ3) is 4.62. The van der Waals surface area contributed by atoms with E-state index >= 15 is 0 Å². The van der Waals surface area contributed by atoms with Gasteiger partial charge in [-0.1, -0.05) is 54.6 Å². The monoisotopic (exact) mass is 290 g/mol. The van der Waals surface area contributed by atoms with E-state index in [2.05, 4.69) is 0 Å². The van der Waals surface area contributed by atoms with Gasteiger partial charge in [-0.3, -0.25) is 4.90 Å². The van der Waals surface area contributed by atoms with Gasteiger partial charge in [0, 0.05) is 12.6 Å². The van der Waals surface area contributed by atoms with E-state index in [1.54, 1.807) is 11.9 Å². The van der Waals surface area contributed by atoms with E-state index in [4.69, 9.17) is 5.73 Å². The molecule has 0 aliphatic carbocycles. The molecule has 0 aliphatic rings. The maximum Gasteiger partial charge on any atom is 0.251 e. The van der Waals surface area contributed by atoms with Crippen LogP contribution in [0.3, 0.4) is 0 Å². The van der Waals surface area contributed by atoms with Gasteiger partial charge in [-0.05, 0) is 23.7 Å². The molecule has 2 rings (SSSR count). The molecule has 1 unspecified atom stereocenters. The molecule has 0 saturated heterocycles. The molecule has 2 aromatic carbocycles. The van der Waals surface area contributed by atoms with E-state index in [1.807, 2.05) is 54.6 Å². The van der Waals surface area contributed by atoms with Crippen LogP contribution in [0.5, 0.6) is 0 Å². The van der Waals surface area contributed by atoms with E-state index in [0.29, 0.717) is 6.54 Å². The summed E-state index contributed by atoms with van der Waals surface area (Å²) in [6.45, 7) is 0.158. The fourth-order valence-corrected chi connectivity index (χ4v) is 2.30. The smallest absolute Gasteiger partial charge is 0.251 e. The molecule has 1 atom stereocenters. The number of benzene rings is 2. The Kier molecular flexibility index (Phi) is 5.42. The van der Waals surface area contributed by atoms with Crippen LogP contribution in [0.2, 0.25) is 0 Å². The van der Waals surface area contributed by atoms with Crippen molar-refractivity contribution in [3.8, 4) is 11.1 Å². The minimum atomic E-state index is -2.33. The molecular formula is C17H20F2N2. The summed E-state index contributed by atoms with van der Waals surface area (Å²) in [7, 11) is 1.66. The van der Waals surface area contributed by atoms with Crippen LogP contribution < -0.4 is 5.73 Å². The van der Waals surface area contributed by atoms with E-state index in [1.165, 1.54) is 0 Å². The molecule has 4 heteroatoms. The van der Waals surface area contributed by atoms with Crippen molar-refractivity contribution in [2.45, 2.75) is 12.5 Å². The number of likely N-dealkylation sites (N-methyl/N-ethyl adjacent to an activating group) is 1. The lowest BCUT2D eigenvalue weighted by atomic mass is 10.0. The molecule has 0 aliphatic heterocycles. The van der Waals surface area contributed by atoms with Crippen molar-refractivity contribution in [2.75, 3.05) is 20.1 Å². The summed E-state index contributed by atoms with van der Waals surface area (Å²) in [6, 6.07) is 17.7. The minimum absolute atomic E-state index is 0.254. The number of nitrogens with zero attached hydrogens (tertiary/aromatic N) is 1. The van der Waals surface area contributed by atoms with Crippen molar-refractivity contribution in [1.29, 1.82) is 0 Å². The summed E-state index contributed by atoms with van der Waals surface area (Å²) < 4.78 is 24.6. The lowest BCUT2D eigenvalue weighted by Crippen LogP contribution is -2.32. The summed E-state index contributed by atoms with van der Waals surface area (Å²) >= 11 is 0. The molecule has 2 nitrogen and oxygen atoms in total. The third-order valence-electron chi connectivity index (χ3n) is 3.40. The van der Waals surface area contributed by atoms with E-state index in [0.717, 1.165) is 16.7 Å². The Morgan fingerprint density at radius 3 is 2.05 bits per heavy atom. The predicted molar refractivity (Wildman–Crippen MR) is 82.3 cm³/mol. The van der Waals surface area contributed by atoms with Gasteiger partial charge in [0.25, 0.3) is 6.43 Å². The van der Waals surface area contributed by atoms with Crippen LogP contribution in [0, 0.1) is 0 Å². The van der Waals surface area contributed by atoms with Crippen LogP contribution in [0.1, 0.15) is 11.6 Å². The van der Waals surface area contributed by atoms with Gasteiger partial charge in [0.05, 0.1) is 6.54 Å². The Morgan fingerprint density at radius 1 is 0.905 bits per heavy atom. The van der Waals surface area contributed by atoms with Gasteiger partial charge in [-0.25, -0.2) is 8.78 Å². The summed E-state index contributed by atoms with van der Waals surface area (Å²) in [6.07, 6.45) is -2.33. The van der Waals surface area contributed by atoms with Crippen LogP contribution in [-0.4, -0.2) is 31.5 Å². The standard InChI is InChI=1S/C17H20F2N2/c1-21(12-17(18)19)11-16(20)15-9-7-14(8-10-15)13-5-3-2-4-6-13/h2-10,16-17H,11-12,20H2,1H3. The van der Waals surface area contributed by atoms with E-state index in [9.17, 15) is 8.78 Å². The minimum Gasteiger partial charge on any atom is -0.323 e. The number of hydrogen-bond acceptors (Lipinski definition) is 2. The lowest BCUT2D eigenvalue weighted by molar-refractivity contribution is 0.0978. The Morgan fingerprint density at radius 2 is 1.48 bits per heavy atom. The molecule has 0 fully saturated rings. The number of alkyl halides is 2. The van der Waals surface area contributed by atoms with Crippen LogP contribution >= 0.6 is 0 Å². The molecule has 21 heavy (non-hydrogen) atoms. The molecule has 0 bridgehead atoms. The highest BCUT2D eigenvalue weighted by atomic mass is 19.3. The second-order valence-electron chi connectivity index (χ2n) is 5.21. The zero-order valence-electron chi connectivity index (χ0n) is 12.0. The SMILES string of the molecule is CN(CC(F)F)CC(N)c1ccc(-c2ccccc2)cc1. The first-order valence-corrected chi connectivity index (χ1v) is 6.94. The molecule has 2 aromatic rings. The van der Waals surface area contributed by atoms with E-state index in [-0.39, 0.29) is 12.6 Å². The first-order valence-electron chi connectivity index (χ1n) is 6.94. The Bertz CT molecular complexity index is 540. The molecular weight excluding hydrogens is 270 g/mol. The average Bonchev–Trinajstić information content (AvgIpc) is 2.47. The fraction of sp³-hybridized carbons (Fsp3) is 0.294. The molecule has 0 radical (unpaired) electrons. The largest absolute Gasteiger partial charge is 0.323 e. The van der Waals surface area contributed by atoms with Gasteiger partial charge in [0.1, 0.15) is 0 Å². The van der Waals surface area contributed by atoms with Crippen molar-refractivity contribution in [1.82, 2.24) is 4.90 Å². The first-order chi connectivity index (χ1) is 10.1. The number of nitrogens with two attached hydrogens (primary N) is 1.